The lowest BCUT2D eigenvalue weighted by molar-refractivity contribution is 0.203. The fourth-order valence-corrected chi connectivity index (χ4v) is 5.39. The Morgan fingerprint density at radius 2 is 2.06 bits per heavy atom. The summed E-state index contributed by atoms with van der Waals surface area (Å²) >= 11 is 1.54. The van der Waals surface area contributed by atoms with E-state index >= 15 is 0 Å². The third-order valence-corrected chi connectivity index (χ3v) is 7.40. The summed E-state index contributed by atoms with van der Waals surface area (Å²) in [6.07, 6.45) is 5.22. The lowest BCUT2D eigenvalue weighted by Crippen LogP contribution is -2.43. The minimum absolute atomic E-state index is 0.0129. The van der Waals surface area contributed by atoms with Crippen LogP contribution >= 0.6 is 11.3 Å². The molecule has 1 saturated heterocycles. The van der Waals surface area contributed by atoms with E-state index in [0.29, 0.717) is 11.6 Å². The zero-order valence-corrected chi connectivity index (χ0v) is 19.9. The van der Waals surface area contributed by atoms with E-state index in [4.69, 9.17) is 15.6 Å². The highest BCUT2D eigenvalue weighted by Crippen LogP contribution is 2.44. The van der Waals surface area contributed by atoms with Crippen LogP contribution in [0.1, 0.15) is 50.4 Å². The quantitative estimate of drug-likeness (QED) is 0.593. The number of hydrogen-bond acceptors (Lipinski definition) is 7. The molecule has 1 unspecified atom stereocenters. The van der Waals surface area contributed by atoms with Gasteiger partial charge in [-0.25, -0.2) is 14.8 Å². The van der Waals surface area contributed by atoms with E-state index in [1.807, 2.05) is 37.1 Å². The number of thiazole rings is 1. The van der Waals surface area contributed by atoms with E-state index < -0.39 is 0 Å². The van der Waals surface area contributed by atoms with Gasteiger partial charge in [-0.15, -0.1) is 11.3 Å². The first-order valence-electron chi connectivity index (χ1n) is 11.3. The number of amides is 2. The Morgan fingerprint density at radius 3 is 2.82 bits per heavy atom. The molecule has 33 heavy (non-hydrogen) atoms. The van der Waals surface area contributed by atoms with Gasteiger partial charge in [0.05, 0.1) is 5.69 Å². The van der Waals surface area contributed by atoms with Crippen molar-refractivity contribution in [3.05, 3.63) is 40.6 Å². The van der Waals surface area contributed by atoms with Gasteiger partial charge in [0.1, 0.15) is 11.1 Å². The SMILES string of the molecule is CC(C)NC(=O)N1CC[C@@]2(CCn3nc(-c4cnc(N)c(OC(C)c5nccs5)c4)cc32)C1. The number of nitrogen functional groups attached to an aromatic ring is 1. The minimum atomic E-state index is -0.221. The van der Waals surface area contributed by atoms with E-state index in [9.17, 15) is 4.79 Å². The Kier molecular flexibility index (Phi) is 5.48. The van der Waals surface area contributed by atoms with Gasteiger partial charge in [-0.1, -0.05) is 0 Å². The number of nitrogens with two attached hydrogens (primary N) is 1. The van der Waals surface area contributed by atoms with E-state index in [2.05, 4.69) is 26.0 Å². The van der Waals surface area contributed by atoms with Crippen LogP contribution in [0.5, 0.6) is 5.75 Å². The second-order valence-electron chi connectivity index (χ2n) is 9.18. The third kappa shape index (κ3) is 4.03. The number of fused-ring (bicyclic) bond motifs is 2. The van der Waals surface area contributed by atoms with Crippen LogP contribution in [0.2, 0.25) is 0 Å². The number of anilines is 1. The molecule has 1 fully saturated rings. The zero-order valence-electron chi connectivity index (χ0n) is 19.1. The first-order chi connectivity index (χ1) is 15.8. The zero-order chi connectivity index (χ0) is 23.2. The van der Waals surface area contributed by atoms with E-state index in [-0.39, 0.29) is 23.6 Å². The molecule has 2 amide bonds. The van der Waals surface area contributed by atoms with Crippen LogP contribution in [-0.2, 0) is 12.0 Å². The molecule has 0 radical (unpaired) electrons. The van der Waals surface area contributed by atoms with Crippen LogP contribution in [-0.4, -0.2) is 49.8 Å². The molecular weight excluding hydrogens is 438 g/mol. The van der Waals surface area contributed by atoms with Crippen molar-refractivity contribution in [1.82, 2.24) is 30.0 Å². The van der Waals surface area contributed by atoms with Crippen molar-refractivity contribution in [2.24, 2.45) is 0 Å². The molecule has 3 aromatic rings. The van der Waals surface area contributed by atoms with Crippen LogP contribution in [0, 0.1) is 0 Å². The van der Waals surface area contributed by atoms with Gasteiger partial charge < -0.3 is 20.7 Å². The number of ether oxygens (including phenoxy) is 1. The Bertz CT molecular complexity index is 1160. The molecule has 2 aliphatic rings. The molecule has 0 aromatic carbocycles. The molecule has 0 bridgehead atoms. The number of carbonyl (C=O) groups excluding carboxylic acids is 1. The largest absolute Gasteiger partial charge is 0.480 e. The van der Waals surface area contributed by atoms with Crippen molar-refractivity contribution in [2.45, 2.75) is 57.7 Å². The molecule has 5 rings (SSSR count). The fourth-order valence-electron chi connectivity index (χ4n) is 4.77. The van der Waals surface area contributed by atoms with Gasteiger partial charge in [-0.3, -0.25) is 4.68 Å². The van der Waals surface area contributed by atoms with Crippen molar-refractivity contribution < 1.29 is 9.53 Å². The monoisotopic (exact) mass is 467 g/mol. The number of hydrogen-bond donors (Lipinski definition) is 2. The maximum atomic E-state index is 12.5. The predicted octanol–water partition coefficient (Wildman–Crippen LogP) is 3.59. The molecule has 0 saturated carbocycles. The van der Waals surface area contributed by atoms with E-state index in [0.717, 1.165) is 48.7 Å². The number of rotatable bonds is 5. The number of carbonyl (C=O) groups is 1. The summed E-state index contributed by atoms with van der Waals surface area (Å²) in [7, 11) is 0. The average Bonchev–Trinajstić information content (AvgIpc) is 3.56. The van der Waals surface area contributed by atoms with Gasteiger partial charge in [0.15, 0.2) is 11.6 Å². The topological polar surface area (TPSA) is 111 Å². The first-order valence-corrected chi connectivity index (χ1v) is 12.2. The highest BCUT2D eigenvalue weighted by molar-refractivity contribution is 7.09. The molecule has 2 atom stereocenters. The van der Waals surface area contributed by atoms with Crippen LogP contribution in [0.3, 0.4) is 0 Å². The second kappa shape index (κ2) is 8.33. The lowest BCUT2D eigenvalue weighted by Gasteiger charge is -2.24. The minimum Gasteiger partial charge on any atom is -0.480 e. The number of likely N-dealkylation sites (tertiary alicyclic amines) is 1. The summed E-state index contributed by atoms with van der Waals surface area (Å²) in [6, 6.07) is 4.17. The molecule has 1 spiro atoms. The lowest BCUT2D eigenvalue weighted by atomic mass is 9.82. The molecular formula is C23H29N7O2S. The highest BCUT2D eigenvalue weighted by Gasteiger charge is 2.47. The molecule has 10 heteroatoms. The maximum Gasteiger partial charge on any atom is 0.317 e. The summed E-state index contributed by atoms with van der Waals surface area (Å²) in [4.78, 5) is 23.1. The standard InChI is InChI=1S/C23H29N7O2S/c1-14(2)27-22(31)29-7-4-23(13-29)5-8-30-19(23)11-17(28-30)16-10-18(20(24)26-12-16)32-15(3)21-25-6-9-33-21/h6,9-12,14-15H,4-5,7-8,13H2,1-3H3,(H2,24,26)(H,27,31)/t15?,23-/m1/s1. The molecule has 0 aliphatic carbocycles. The molecule has 9 nitrogen and oxygen atoms in total. The number of nitrogens with zero attached hydrogens (tertiary/aromatic N) is 5. The number of urea groups is 1. The Morgan fingerprint density at radius 1 is 1.24 bits per heavy atom. The van der Waals surface area contributed by atoms with Gasteiger partial charge in [0.25, 0.3) is 0 Å². The van der Waals surface area contributed by atoms with Crippen molar-refractivity contribution >= 4 is 23.2 Å². The van der Waals surface area contributed by atoms with Gasteiger partial charge in [-0.05, 0) is 45.7 Å². The Hall–Kier alpha value is -3.14. The normalized spacial score (nSPS) is 20.4. The van der Waals surface area contributed by atoms with E-state index in [1.54, 1.807) is 23.7 Å². The van der Waals surface area contributed by atoms with Crippen LogP contribution in [0.15, 0.2) is 29.9 Å². The maximum absolute atomic E-state index is 12.5. The van der Waals surface area contributed by atoms with E-state index in [1.165, 1.54) is 5.69 Å². The number of nitrogens with one attached hydrogen (secondary N) is 1. The molecule has 3 N–H and O–H groups in total. The average molecular weight is 468 g/mol. The van der Waals surface area contributed by atoms with Gasteiger partial charge in [-0.2, -0.15) is 5.10 Å². The third-order valence-electron chi connectivity index (χ3n) is 6.46. The fraction of sp³-hybridized carbons (Fsp3) is 0.478. The smallest absolute Gasteiger partial charge is 0.317 e. The summed E-state index contributed by atoms with van der Waals surface area (Å²) in [6.45, 7) is 8.24. The predicted molar refractivity (Wildman–Crippen MR) is 127 cm³/mol. The summed E-state index contributed by atoms with van der Waals surface area (Å²) in [5.74, 6) is 0.864. The Labute approximate surface area is 197 Å². The summed E-state index contributed by atoms with van der Waals surface area (Å²) in [5.41, 5.74) is 8.94. The number of aryl methyl sites for hydroxylation is 1. The summed E-state index contributed by atoms with van der Waals surface area (Å²) < 4.78 is 8.15. The number of pyridine rings is 1. The van der Waals surface area contributed by atoms with Crippen LogP contribution in [0.25, 0.3) is 11.3 Å². The van der Waals surface area contributed by atoms with Crippen molar-refractivity contribution in [3.63, 3.8) is 0 Å². The molecule has 2 aliphatic heterocycles. The van der Waals surface area contributed by atoms with Crippen LogP contribution < -0.4 is 15.8 Å². The molecule has 174 valence electrons. The second-order valence-corrected chi connectivity index (χ2v) is 10.1. The summed E-state index contributed by atoms with van der Waals surface area (Å²) in [5, 5.41) is 10.7. The first kappa shape index (κ1) is 21.7. The van der Waals surface area contributed by atoms with Gasteiger partial charge in [0, 0.05) is 60.1 Å². The van der Waals surface area contributed by atoms with Crippen molar-refractivity contribution in [2.75, 3.05) is 18.8 Å². The van der Waals surface area contributed by atoms with Gasteiger partial charge in [0.2, 0.25) is 0 Å². The van der Waals surface area contributed by atoms with Crippen molar-refractivity contribution in [1.29, 1.82) is 0 Å². The van der Waals surface area contributed by atoms with Crippen molar-refractivity contribution in [3.8, 4) is 17.0 Å². The number of aromatic nitrogens is 4. The highest BCUT2D eigenvalue weighted by atomic mass is 32.1. The van der Waals surface area contributed by atoms with Gasteiger partial charge >= 0.3 is 6.03 Å². The van der Waals surface area contributed by atoms with Crippen LogP contribution in [0.4, 0.5) is 10.6 Å². The Balaban J connectivity index is 1.37. The molecule has 3 aromatic heterocycles. The molecule has 5 heterocycles.